The maximum Gasteiger partial charge on any atom is 0.293 e. The maximum absolute atomic E-state index is 5.93. The highest BCUT2D eigenvalue weighted by Gasteiger charge is 2.14. The number of nitrogens with zero attached hydrogens (tertiary/aromatic N) is 2. The number of furan rings is 1. The lowest BCUT2D eigenvalue weighted by atomic mass is 10.2. The van der Waals surface area contributed by atoms with Crippen molar-refractivity contribution in [3.63, 3.8) is 0 Å². The van der Waals surface area contributed by atoms with Gasteiger partial charge in [-0.15, -0.1) is 0 Å². The van der Waals surface area contributed by atoms with Crippen molar-refractivity contribution in [2.24, 2.45) is 0 Å². The van der Waals surface area contributed by atoms with Crippen molar-refractivity contribution in [1.29, 1.82) is 0 Å². The summed E-state index contributed by atoms with van der Waals surface area (Å²) in [6, 6.07) is 20.4. The number of benzene rings is 2. The third-order valence-electron chi connectivity index (χ3n) is 3.51. The first kappa shape index (κ1) is 15.5. The van der Waals surface area contributed by atoms with Crippen molar-refractivity contribution in [3.8, 4) is 28.8 Å². The molecule has 0 aliphatic heterocycles. The summed E-state index contributed by atoms with van der Waals surface area (Å²) in [6.07, 6.45) is 0. The molecular weight excluding hydrogens is 340 g/mol. The standard InChI is InChI=1S/C19H13ClN2O3/c20-14-7-4-8-15(11-14)23-12-16-9-10-17(24-16)19-21-18(22-25-19)13-5-2-1-3-6-13/h1-11H,12H2. The first-order valence-electron chi connectivity index (χ1n) is 7.64. The topological polar surface area (TPSA) is 61.3 Å². The zero-order valence-corrected chi connectivity index (χ0v) is 13.8. The van der Waals surface area contributed by atoms with Crippen molar-refractivity contribution < 1.29 is 13.7 Å². The van der Waals surface area contributed by atoms with Crippen LogP contribution in [0.1, 0.15) is 5.76 Å². The quantitative estimate of drug-likeness (QED) is 0.492. The Labute approximate surface area is 148 Å². The largest absolute Gasteiger partial charge is 0.486 e. The molecule has 0 saturated heterocycles. The summed E-state index contributed by atoms with van der Waals surface area (Å²) in [4.78, 5) is 4.36. The predicted octanol–water partition coefficient (Wildman–Crippen LogP) is 5.23. The van der Waals surface area contributed by atoms with Crippen LogP contribution in [0.2, 0.25) is 5.02 Å². The van der Waals surface area contributed by atoms with Crippen LogP contribution in [-0.2, 0) is 6.61 Å². The minimum Gasteiger partial charge on any atom is -0.486 e. The fourth-order valence-corrected chi connectivity index (χ4v) is 2.49. The summed E-state index contributed by atoms with van der Waals surface area (Å²) in [7, 11) is 0. The molecule has 0 N–H and O–H groups in total. The van der Waals surface area contributed by atoms with Crippen molar-refractivity contribution in [2.75, 3.05) is 0 Å². The second-order valence-corrected chi connectivity index (χ2v) is 5.74. The van der Waals surface area contributed by atoms with Crippen LogP contribution in [-0.4, -0.2) is 10.1 Å². The normalized spacial score (nSPS) is 10.8. The Balaban J connectivity index is 1.47. The second-order valence-electron chi connectivity index (χ2n) is 5.30. The van der Waals surface area contributed by atoms with E-state index in [1.807, 2.05) is 48.5 Å². The lowest BCUT2D eigenvalue weighted by Gasteiger charge is -2.03. The Kier molecular flexibility index (Phi) is 4.23. The molecule has 0 radical (unpaired) electrons. The maximum atomic E-state index is 5.93. The van der Waals surface area contributed by atoms with Gasteiger partial charge < -0.3 is 13.7 Å². The first-order chi connectivity index (χ1) is 12.3. The number of hydrogen-bond donors (Lipinski definition) is 0. The molecule has 2 aromatic heterocycles. The number of aromatic nitrogens is 2. The average Bonchev–Trinajstić information content (AvgIpc) is 3.30. The smallest absolute Gasteiger partial charge is 0.293 e. The van der Waals surface area contributed by atoms with Gasteiger partial charge >= 0.3 is 0 Å². The van der Waals surface area contributed by atoms with Gasteiger partial charge in [0.15, 0.2) is 5.76 Å². The molecule has 0 bridgehead atoms. The fraction of sp³-hybridized carbons (Fsp3) is 0.0526. The summed E-state index contributed by atoms with van der Waals surface area (Å²) in [6.45, 7) is 0.278. The summed E-state index contributed by atoms with van der Waals surface area (Å²) < 4.78 is 16.7. The number of ether oxygens (including phenoxy) is 1. The number of halogens is 1. The van der Waals surface area contributed by atoms with Crippen molar-refractivity contribution >= 4 is 11.6 Å². The van der Waals surface area contributed by atoms with E-state index in [0.29, 0.717) is 34.0 Å². The van der Waals surface area contributed by atoms with Crippen LogP contribution >= 0.6 is 11.6 Å². The molecule has 0 amide bonds. The molecule has 25 heavy (non-hydrogen) atoms. The molecule has 4 aromatic rings. The molecule has 6 heteroatoms. The van der Waals surface area contributed by atoms with Gasteiger partial charge in [0, 0.05) is 10.6 Å². The minimum atomic E-state index is 0.278. The van der Waals surface area contributed by atoms with Gasteiger partial charge in [-0.05, 0) is 30.3 Å². The van der Waals surface area contributed by atoms with Crippen LogP contribution in [0.4, 0.5) is 0 Å². The van der Waals surface area contributed by atoms with E-state index in [4.69, 9.17) is 25.3 Å². The van der Waals surface area contributed by atoms with Crippen LogP contribution in [0.25, 0.3) is 23.0 Å². The number of hydrogen-bond acceptors (Lipinski definition) is 5. The highest BCUT2D eigenvalue weighted by molar-refractivity contribution is 6.30. The Morgan fingerprint density at radius 1 is 0.960 bits per heavy atom. The Hall–Kier alpha value is -3.05. The summed E-state index contributed by atoms with van der Waals surface area (Å²) in [5, 5.41) is 4.61. The Morgan fingerprint density at radius 3 is 2.68 bits per heavy atom. The van der Waals surface area contributed by atoms with Crippen LogP contribution < -0.4 is 4.74 Å². The molecule has 0 saturated carbocycles. The monoisotopic (exact) mass is 352 g/mol. The lowest BCUT2D eigenvalue weighted by molar-refractivity contribution is 0.270. The van der Waals surface area contributed by atoms with Gasteiger partial charge in [0.2, 0.25) is 5.82 Å². The zero-order chi connectivity index (χ0) is 17.1. The molecule has 4 rings (SSSR count). The summed E-state index contributed by atoms with van der Waals surface area (Å²) >= 11 is 5.93. The lowest BCUT2D eigenvalue weighted by Crippen LogP contribution is -1.93. The number of rotatable bonds is 5. The molecule has 2 aromatic carbocycles. The van der Waals surface area contributed by atoms with Gasteiger partial charge in [-0.3, -0.25) is 0 Å². The third-order valence-corrected chi connectivity index (χ3v) is 3.74. The summed E-state index contributed by atoms with van der Waals surface area (Å²) in [5.74, 6) is 2.67. The van der Waals surface area contributed by atoms with Crippen LogP contribution in [0.3, 0.4) is 0 Å². The molecular formula is C19H13ClN2O3. The first-order valence-corrected chi connectivity index (χ1v) is 8.02. The SMILES string of the molecule is Clc1cccc(OCc2ccc(-c3nc(-c4ccccc4)no3)o2)c1. The molecule has 0 aliphatic rings. The van der Waals surface area contributed by atoms with Crippen LogP contribution in [0, 0.1) is 0 Å². The van der Waals surface area contributed by atoms with Gasteiger partial charge in [-0.2, -0.15) is 4.98 Å². The zero-order valence-electron chi connectivity index (χ0n) is 13.1. The molecule has 0 spiro atoms. The highest BCUT2D eigenvalue weighted by Crippen LogP contribution is 2.25. The molecule has 0 aliphatic carbocycles. The van der Waals surface area contributed by atoms with E-state index < -0.39 is 0 Å². The average molecular weight is 353 g/mol. The predicted molar refractivity (Wildman–Crippen MR) is 93.2 cm³/mol. The molecule has 0 fully saturated rings. The van der Waals surface area contributed by atoms with E-state index >= 15 is 0 Å². The minimum absolute atomic E-state index is 0.278. The fourth-order valence-electron chi connectivity index (χ4n) is 2.31. The van der Waals surface area contributed by atoms with Gasteiger partial charge in [0.25, 0.3) is 5.89 Å². The van der Waals surface area contributed by atoms with E-state index in [0.717, 1.165) is 5.56 Å². The van der Waals surface area contributed by atoms with Crippen LogP contribution in [0.15, 0.2) is 75.7 Å². The highest BCUT2D eigenvalue weighted by atomic mass is 35.5. The van der Waals surface area contributed by atoms with Crippen molar-refractivity contribution in [3.05, 3.63) is 77.5 Å². The Morgan fingerprint density at radius 2 is 1.84 bits per heavy atom. The van der Waals surface area contributed by atoms with Gasteiger partial charge in [0.1, 0.15) is 18.1 Å². The third kappa shape index (κ3) is 3.56. The molecule has 0 atom stereocenters. The van der Waals surface area contributed by atoms with Gasteiger partial charge in [0.05, 0.1) is 0 Å². The molecule has 124 valence electrons. The van der Waals surface area contributed by atoms with E-state index in [2.05, 4.69) is 10.1 Å². The van der Waals surface area contributed by atoms with Gasteiger partial charge in [-0.25, -0.2) is 0 Å². The second kappa shape index (κ2) is 6.83. The molecule has 2 heterocycles. The van der Waals surface area contributed by atoms with Crippen molar-refractivity contribution in [1.82, 2.24) is 10.1 Å². The van der Waals surface area contributed by atoms with E-state index in [1.54, 1.807) is 18.2 Å². The van der Waals surface area contributed by atoms with E-state index in [9.17, 15) is 0 Å². The van der Waals surface area contributed by atoms with E-state index in [1.165, 1.54) is 0 Å². The van der Waals surface area contributed by atoms with E-state index in [-0.39, 0.29) is 6.61 Å². The summed E-state index contributed by atoms with van der Waals surface area (Å²) in [5.41, 5.74) is 0.883. The van der Waals surface area contributed by atoms with Crippen molar-refractivity contribution in [2.45, 2.75) is 6.61 Å². The molecule has 0 unspecified atom stereocenters. The Bertz CT molecular complexity index is 979. The molecule has 5 nitrogen and oxygen atoms in total. The van der Waals surface area contributed by atoms with Crippen LogP contribution in [0.5, 0.6) is 5.75 Å². The van der Waals surface area contributed by atoms with Gasteiger partial charge in [-0.1, -0.05) is 53.2 Å².